The normalized spacial score (nSPS) is 16.6. The average Bonchev–Trinajstić information content (AvgIpc) is 3.23. The number of urea groups is 1. The first-order valence-electron chi connectivity index (χ1n) is 12.2. The third-order valence-corrected chi connectivity index (χ3v) is 7.62. The highest BCUT2D eigenvalue weighted by Crippen LogP contribution is 2.47. The van der Waals surface area contributed by atoms with Crippen molar-refractivity contribution in [2.45, 2.75) is 24.8 Å². The number of hydrogen-bond acceptors (Lipinski definition) is 5. The molecule has 9 heteroatoms. The number of nitrogens with one attached hydrogen (secondary N) is 1. The van der Waals surface area contributed by atoms with Crippen LogP contribution in [0.3, 0.4) is 0 Å². The van der Waals surface area contributed by atoms with Gasteiger partial charge in [0.05, 0.1) is 11.9 Å². The Balaban J connectivity index is 1.27. The Morgan fingerprint density at radius 3 is 2.65 bits per heavy atom. The fraction of sp³-hybridized carbons (Fsp3) is 0.286. The van der Waals surface area contributed by atoms with Gasteiger partial charge in [-0.05, 0) is 73.0 Å². The van der Waals surface area contributed by atoms with Crippen LogP contribution in [0.2, 0.25) is 10.2 Å². The summed E-state index contributed by atoms with van der Waals surface area (Å²) in [6, 6.07) is 15.2. The molecule has 0 saturated carbocycles. The molecule has 7 nitrogen and oxygen atoms in total. The summed E-state index contributed by atoms with van der Waals surface area (Å²) >= 11 is 12.0. The number of nitriles is 1. The van der Waals surface area contributed by atoms with Gasteiger partial charge in [-0.15, -0.1) is 0 Å². The average molecular weight is 533 g/mol. The van der Waals surface area contributed by atoms with Crippen LogP contribution in [0.15, 0.2) is 60.9 Å². The van der Waals surface area contributed by atoms with E-state index in [2.05, 4.69) is 38.4 Å². The number of halogens is 2. The second kappa shape index (κ2) is 10.9. The number of amides is 2. The standard InChI is InChI=1S/C28H26Cl2N6O/c29-22-5-3-20(4-6-22)2-1-11-35-12-8-28(9-13-35)19-36(25-18-33-23(16-31)15-24(25)28)27(37)34-17-21-7-10-32-26(30)14-21/h1-7,10,14-15,18H,8-9,11-13,17,19H2,(H,34,37)/b2-1+. The number of carbonyl (C=O) groups is 1. The molecule has 1 N–H and O–H groups in total. The number of rotatable bonds is 5. The van der Waals surface area contributed by atoms with E-state index >= 15 is 0 Å². The Morgan fingerprint density at radius 2 is 1.92 bits per heavy atom. The number of carbonyl (C=O) groups excluding carboxylic acids is 1. The molecule has 0 atom stereocenters. The molecule has 2 aliphatic heterocycles. The predicted octanol–water partition coefficient (Wildman–Crippen LogP) is 5.43. The van der Waals surface area contributed by atoms with Crippen LogP contribution in [-0.2, 0) is 12.0 Å². The zero-order valence-electron chi connectivity index (χ0n) is 20.2. The molecule has 5 rings (SSSR count). The molecule has 0 bridgehead atoms. The highest BCUT2D eigenvalue weighted by molar-refractivity contribution is 6.30. The van der Waals surface area contributed by atoms with Gasteiger partial charge in [-0.1, -0.05) is 47.5 Å². The molecule has 188 valence electrons. The molecule has 1 spiro atoms. The minimum atomic E-state index is -0.197. The molecule has 1 saturated heterocycles. The summed E-state index contributed by atoms with van der Waals surface area (Å²) in [5.74, 6) is 0. The highest BCUT2D eigenvalue weighted by atomic mass is 35.5. The number of nitrogens with zero attached hydrogens (tertiary/aromatic N) is 5. The molecule has 1 aromatic carbocycles. The quantitative estimate of drug-likeness (QED) is 0.442. The molecular weight excluding hydrogens is 507 g/mol. The number of anilines is 1. The van der Waals surface area contributed by atoms with E-state index in [1.165, 1.54) is 0 Å². The van der Waals surface area contributed by atoms with Crippen molar-refractivity contribution < 1.29 is 4.79 Å². The van der Waals surface area contributed by atoms with Gasteiger partial charge in [0.15, 0.2) is 0 Å². The summed E-state index contributed by atoms with van der Waals surface area (Å²) in [7, 11) is 0. The number of aromatic nitrogens is 2. The van der Waals surface area contributed by atoms with E-state index in [0.717, 1.165) is 59.9 Å². The van der Waals surface area contributed by atoms with Gasteiger partial charge in [0, 0.05) is 36.3 Å². The van der Waals surface area contributed by atoms with Gasteiger partial charge in [-0.3, -0.25) is 9.80 Å². The lowest BCUT2D eigenvalue weighted by Gasteiger charge is -2.39. The van der Waals surface area contributed by atoms with Crippen molar-refractivity contribution in [3.8, 4) is 6.07 Å². The number of fused-ring (bicyclic) bond motifs is 2. The van der Waals surface area contributed by atoms with Crippen LogP contribution in [0, 0.1) is 11.3 Å². The first-order chi connectivity index (χ1) is 18.0. The fourth-order valence-electron chi connectivity index (χ4n) is 5.13. The Kier molecular flexibility index (Phi) is 7.43. The van der Waals surface area contributed by atoms with Crippen LogP contribution in [0.4, 0.5) is 10.5 Å². The molecular formula is C28H26Cl2N6O. The van der Waals surface area contributed by atoms with Gasteiger partial charge in [0.2, 0.25) is 0 Å². The summed E-state index contributed by atoms with van der Waals surface area (Å²) in [4.78, 5) is 25.7. The maximum Gasteiger partial charge on any atom is 0.322 e. The monoisotopic (exact) mass is 532 g/mol. The maximum atomic E-state index is 13.3. The van der Waals surface area contributed by atoms with Crippen LogP contribution in [0.25, 0.3) is 6.08 Å². The minimum absolute atomic E-state index is 0.189. The molecule has 37 heavy (non-hydrogen) atoms. The largest absolute Gasteiger partial charge is 0.334 e. The van der Waals surface area contributed by atoms with E-state index in [-0.39, 0.29) is 11.4 Å². The van der Waals surface area contributed by atoms with Gasteiger partial charge < -0.3 is 5.32 Å². The van der Waals surface area contributed by atoms with Crippen LogP contribution in [-0.4, -0.2) is 47.1 Å². The summed E-state index contributed by atoms with van der Waals surface area (Å²) in [5.41, 5.74) is 3.99. The molecule has 2 aliphatic rings. The maximum absolute atomic E-state index is 13.3. The number of likely N-dealkylation sites (tertiary alicyclic amines) is 1. The van der Waals surface area contributed by atoms with Gasteiger partial charge >= 0.3 is 6.03 Å². The molecule has 0 unspecified atom stereocenters. The number of hydrogen-bond donors (Lipinski definition) is 1. The first-order valence-corrected chi connectivity index (χ1v) is 12.9. The van der Waals surface area contributed by atoms with Gasteiger partial charge in [0.25, 0.3) is 0 Å². The Labute approximate surface area is 226 Å². The first kappa shape index (κ1) is 25.2. The number of benzene rings is 1. The van der Waals surface area contributed by atoms with Crippen LogP contribution in [0.5, 0.6) is 0 Å². The van der Waals surface area contributed by atoms with E-state index in [9.17, 15) is 10.1 Å². The van der Waals surface area contributed by atoms with Crippen molar-refractivity contribution in [3.05, 3.63) is 93.5 Å². The molecule has 3 aromatic rings. The van der Waals surface area contributed by atoms with E-state index in [1.807, 2.05) is 36.4 Å². The predicted molar refractivity (Wildman–Crippen MR) is 146 cm³/mol. The molecule has 0 radical (unpaired) electrons. The van der Waals surface area contributed by atoms with Crippen molar-refractivity contribution in [1.82, 2.24) is 20.2 Å². The zero-order chi connectivity index (χ0) is 25.8. The molecule has 2 amide bonds. The summed E-state index contributed by atoms with van der Waals surface area (Å²) in [5, 5.41) is 13.6. The van der Waals surface area contributed by atoms with E-state index in [1.54, 1.807) is 23.4 Å². The van der Waals surface area contributed by atoms with Crippen molar-refractivity contribution in [3.63, 3.8) is 0 Å². The Bertz CT molecular complexity index is 1360. The summed E-state index contributed by atoms with van der Waals surface area (Å²) in [6.45, 7) is 3.57. The lowest BCUT2D eigenvalue weighted by atomic mass is 9.74. The van der Waals surface area contributed by atoms with Gasteiger partial charge in [-0.2, -0.15) is 5.26 Å². The fourth-order valence-corrected chi connectivity index (χ4v) is 5.45. The smallest absolute Gasteiger partial charge is 0.322 e. The van der Waals surface area contributed by atoms with E-state index < -0.39 is 0 Å². The van der Waals surface area contributed by atoms with Crippen molar-refractivity contribution in [1.29, 1.82) is 5.26 Å². The third-order valence-electron chi connectivity index (χ3n) is 7.16. The van der Waals surface area contributed by atoms with Crippen molar-refractivity contribution in [2.75, 3.05) is 31.1 Å². The lowest BCUT2D eigenvalue weighted by molar-refractivity contribution is 0.180. The second-order valence-corrected chi connectivity index (χ2v) is 10.3. The highest BCUT2D eigenvalue weighted by Gasteiger charge is 2.46. The number of piperidine rings is 1. The van der Waals surface area contributed by atoms with Crippen LogP contribution >= 0.6 is 23.2 Å². The molecule has 1 fully saturated rings. The number of pyridine rings is 2. The summed E-state index contributed by atoms with van der Waals surface area (Å²) in [6.07, 6.45) is 9.36. The second-order valence-electron chi connectivity index (χ2n) is 9.47. The van der Waals surface area contributed by atoms with Gasteiger partial charge in [0.1, 0.15) is 16.9 Å². The lowest BCUT2D eigenvalue weighted by Crippen LogP contribution is -2.47. The van der Waals surface area contributed by atoms with Crippen LogP contribution < -0.4 is 10.2 Å². The Hall–Kier alpha value is -3.44. The minimum Gasteiger partial charge on any atom is -0.334 e. The van der Waals surface area contributed by atoms with Gasteiger partial charge in [-0.25, -0.2) is 14.8 Å². The van der Waals surface area contributed by atoms with E-state index in [4.69, 9.17) is 23.2 Å². The van der Waals surface area contributed by atoms with Crippen LogP contribution in [0.1, 0.15) is 35.2 Å². The molecule has 0 aliphatic carbocycles. The van der Waals surface area contributed by atoms with Crippen molar-refractivity contribution in [2.24, 2.45) is 0 Å². The zero-order valence-corrected chi connectivity index (χ0v) is 21.7. The third kappa shape index (κ3) is 5.62. The van der Waals surface area contributed by atoms with E-state index in [0.29, 0.717) is 23.9 Å². The van der Waals surface area contributed by atoms with Crippen molar-refractivity contribution >= 4 is 41.0 Å². The SMILES string of the molecule is N#Cc1cc2c(cn1)N(C(=O)NCc1ccnc(Cl)c1)CC21CCN(C/C=C/c2ccc(Cl)cc2)CC1. The molecule has 2 aromatic heterocycles. The summed E-state index contributed by atoms with van der Waals surface area (Å²) < 4.78 is 0. The Morgan fingerprint density at radius 1 is 1.14 bits per heavy atom. The topological polar surface area (TPSA) is 85.1 Å². The molecule has 4 heterocycles.